The molecule has 6 nitrogen and oxygen atoms in total. The summed E-state index contributed by atoms with van der Waals surface area (Å²) in [5.74, 6) is -0.803. The first kappa shape index (κ1) is 14.8. The zero-order chi connectivity index (χ0) is 13.7. The average molecular weight is 258 g/mol. The van der Waals surface area contributed by atoms with Gasteiger partial charge in [0.1, 0.15) is 0 Å². The van der Waals surface area contributed by atoms with E-state index in [0.717, 1.165) is 19.3 Å². The van der Waals surface area contributed by atoms with Crippen LogP contribution in [-0.4, -0.2) is 52.9 Å². The summed E-state index contributed by atoms with van der Waals surface area (Å²) in [6.07, 6.45) is 4.31. The van der Waals surface area contributed by atoms with Crippen molar-refractivity contribution in [3.8, 4) is 0 Å². The number of aliphatic carboxylic acids is 1. The second-order valence-electron chi connectivity index (χ2n) is 4.96. The van der Waals surface area contributed by atoms with Crippen LogP contribution < -0.4 is 5.32 Å². The van der Waals surface area contributed by atoms with E-state index in [4.69, 9.17) is 10.2 Å². The van der Waals surface area contributed by atoms with Crippen molar-refractivity contribution in [2.24, 2.45) is 5.92 Å². The van der Waals surface area contributed by atoms with Crippen molar-refractivity contribution < 1.29 is 19.8 Å². The number of nitrogens with zero attached hydrogens (tertiary/aromatic N) is 1. The Morgan fingerprint density at radius 2 is 2.00 bits per heavy atom. The molecule has 6 heteroatoms. The third-order valence-electron chi connectivity index (χ3n) is 3.66. The lowest BCUT2D eigenvalue weighted by Gasteiger charge is -2.36. The molecule has 0 aromatic carbocycles. The Morgan fingerprint density at radius 3 is 2.50 bits per heavy atom. The number of aliphatic hydroxyl groups is 1. The number of carbonyl (C=O) groups excluding carboxylic acids is 1. The molecule has 0 bridgehead atoms. The highest BCUT2D eigenvalue weighted by atomic mass is 16.4. The van der Waals surface area contributed by atoms with Gasteiger partial charge in [0.2, 0.25) is 0 Å². The van der Waals surface area contributed by atoms with Gasteiger partial charge < -0.3 is 20.4 Å². The van der Waals surface area contributed by atoms with Crippen molar-refractivity contribution in [2.75, 3.05) is 13.7 Å². The molecule has 18 heavy (non-hydrogen) atoms. The second kappa shape index (κ2) is 6.58. The lowest BCUT2D eigenvalue weighted by Crippen LogP contribution is -2.52. The molecule has 3 unspecified atom stereocenters. The lowest BCUT2D eigenvalue weighted by atomic mass is 9.85. The molecule has 0 aromatic rings. The largest absolute Gasteiger partial charge is 0.480 e. The smallest absolute Gasteiger partial charge is 0.328 e. The first-order valence-electron chi connectivity index (χ1n) is 6.34. The van der Waals surface area contributed by atoms with E-state index in [1.807, 2.05) is 0 Å². The van der Waals surface area contributed by atoms with Gasteiger partial charge in [-0.1, -0.05) is 19.8 Å². The molecule has 1 aliphatic carbocycles. The van der Waals surface area contributed by atoms with Crippen molar-refractivity contribution in [3.05, 3.63) is 0 Å². The van der Waals surface area contributed by atoms with Gasteiger partial charge in [-0.2, -0.15) is 0 Å². The molecule has 1 rings (SSSR count). The van der Waals surface area contributed by atoms with Crippen LogP contribution in [0.5, 0.6) is 0 Å². The van der Waals surface area contributed by atoms with E-state index in [1.165, 1.54) is 6.42 Å². The zero-order valence-corrected chi connectivity index (χ0v) is 10.9. The van der Waals surface area contributed by atoms with Gasteiger partial charge in [-0.15, -0.1) is 0 Å². The Balaban J connectivity index is 2.57. The lowest BCUT2D eigenvalue weighted by molar-refractivity contribution is -0.140. The third kappa shape index (κ3) is 3.60. The van der Waals surface area contributed by atoms with Gasteiger partial charge in [-0.25, -0.2) is 9.59 Å². The van der Waals surface area contributed by atoms with E-state index in [2.05, 4.69) is 12.2 Å². The quantitative estimate of drug-likeness (QED) is 0.690. The molecule has 1 saturated carbocycles. The number of amides is 2. The van der Waals surface area contributed by atoms with Crippen molar-refractivity contribution >= 4 is 12.0 Å². The fraction of sp³-hybridized carbons (Fsp3) is 0.833. The number of carboxylic acids is 1. The third-order valence-corrected chi connectivity index (χ3v) is 3.66. The fourth-order valence-corrected chi connectivity index (χ4v) is 2.46. The van der Waals surface area contributed by atoms with Gasteiger partial charge in [0, 0.05) is 13.1 Å². The standard InChI is InChI=1S/C12H22N2O4/c1-8-5-3-4-6-10(8)14(2)12(18)13-9(7-15)11(16)17/h8-10,15H,3-7H2,1-2H3,(H,13,18)(H,16,17). The van der Waals surface area contributed by atoms with Crippen molar-refractivity contribution in [3.63, 3.8) is 0 Å². The van der Waals surface area contributed by atoms with Crippen molar-refractivity contribution in [1.29, 1.82) is 0 Å². The van der Waals surface area contributed by atoms with Gasteiger partial charge in [-0.05, 0) is 18.8 Å². The number of hydrogen-bond donors (Lipinski definition) is 3. The molecule has 0 saturated heterocycles. The normalized spacial score (nSPS) is 25.3. The summed E-state index contributed by atoms with van der Waals surface area (Å²) in [5, 5.41) is 20.0. The van der Waals surface area contributed by atoms with Gasteiger partial charge in [-0.3, -0.25) is 0 Å². The number of hydrogen-bond acceptors (Lipinski definition) is 3. The van der Waals surface area contributed by atoms with E-state index >= 15 is 0 Å². The zero-order valence-electron chi connectivity index (χ0n) is 10.9. The van der Waals surface area contributed by atoms with E-state index in [-0.39, 0.29) is 6.04 Å². The van der Waals surface area contributed by atoms with Crippen LogP contribution in [0, 0.1) is 5.92 Å². The molecule has 0 aromatic heterocycles. The molecule has 1 fully saturated rings. The van der Waals surface area contributed by atoms with Crippen LogP contribution in [0.4, 0.5) is 4.79 Å². The number of carbonyl (C=O) groups is 2. The fourth-order valence-electron chi connectivity index (χ4n) is 2.46. The maximum absolute atomic E-state index is 11.9. The van der Waals surface area contributed by atoms with E-state index in [1.54, 1.807) is 11.9 Å². The highest BCUT2D eigenvalue weighted by Crippen LogP contribution is 2.27. The molecule has 0 aliphatic heterocycles. The van der Waals surface area contributed by atoms with Crippen LogP contribution in [0.15, 0.2) is 0 Å². The predicted molar refractivity (Wildman–Crippen MR) is 66.2 cm³/mol. The van der Waals surface area contributed by atoms with Crippen LogP contribution in [0.2, 0.25) is 0 Å². The summed E-state index contributed by atoms with van der Waals surface area (Å²) in [6, 6.07) is -1.53. The van der Waals surface area contributed by atoms with Gasteiger partial charge in [0.05, 0.1) is 6.61 Å². The SMILES string of the molecule is CC1CCCCC1N(C)C(=O)NC(CO)C(=O)O. The topological polar surface area (TPSA) is 89.9 Å². The molecular weight excluding hydrogens is 236 g/mol. The summed E-state index contributed by atoms with van der Waals surface area (Å²) in [6.45, 7) is 1.50. The number of rotatable bonds is 4. The van der Waals surface area contributed by atoms with Gasteiger partial charge >= 0.3 is 12.0 Å². The summed E-state index contributed by atoms with van der Waals surface area (Å²) < 4.78 is 0. The van der Waals surface area contributed by atoms with Gasteiger partial charge in [0.15, 0.2) is 6.04 Å². The number of carboxylic acid groups (broad SMARTS) is 1. The Hall–Kier alpha value is -1.30. The molecule has 1 aliphatic rings. The first-order valence-corrected chi connectivity index (χ1v) is 6.34. The van der Waals surface area contributed by atoms with Gasteiger partial charge in [0.25, 0.3) is 0 Å². The molecular formula is C12H22N2O4. The van der Waals surface area contributed by atoms with E-state index in [9.17, 15) is 9.59 Å². The molecule has 3 N–H and O–H groups in total. The predicted octanol–water partition coefficient (Wildman–Crippen LogP) is 0.652. The Kier molecular flexibility index (Phi) is 5.40. The minimum Gasteiger partial charge on any atom is -0.480 e. The number of nitrogens with one attached hydrogen (secondary N) is 1. The van der Waals surface area contributed by atoms with Crippen molar-refractivity contribution in [2.45, 2.75) is 44.7 Å². The van der Waals surface area contributed by atoms with Crippen LogP contribution >= 0.6 is 0 Å². The van der Waals surface area contributed by atoms with Crippen LogP contribution in [-0.2, 0) is 4.79 Å². The minimum absolute atomic E-state index is 0.145. The Morgan fingerprint density at radius 1 is 1.39 bits per heavy atom. The second-order valence-corrected chi connectivity index (χ2v) is 4.96. The molecule has 104 valence electrons. The van der Waals surface area contributed by atoms with E-state index < -0.39 is 24.6 Å². The molecule has 0 spiro atoms. The number of urea groups is 1. The average Bonchev–Trinajstić information content (AvgIpc) is 2.35. The van der Waals surface area contributed by atoms with Crippen LogP contribution in [0.1, 0.15) is 32.6 Å². The maximum atomic E-state index is 11.9. The Bertz CT molecular complexity index is 308. The molecule has 0 radical (unpaired) electrons. The minimum atomic E-state index is -1.24. The Labute approximate surface area is 107 Å². The summed E-state index contributed by atoms with van der Waals surface area (Å²) >= 11 is 0. The van der Waals surface area contributed by atoms with Crippen molar-refractivity contribution in [1.82, 2.24) is 10.2 Å². The monoisotopic (exact) mass is 258 g/mol. The highest BCUT2D eigenvalue weighted by molar-refractivity contribution is 5.82. The summed E-state index contributed by atoms with van der Waals surface area (Å²) in [7, 11) is 1.68. The molecule has 0 heterocycles. The summed E-state index contributed by atoms with van der Waals surface area (Å²) in [4.78, 5) is 24.2. The van der Waals surface area contributed by atoms with Crippen LogP contribution in [0.25, 0.3) is 0 Å². The maximum Gasteiger partial charge on any atom is 0.328 e. The van der Waals surface area contributed by atoms with E-state index in [0.29, 0.717) is 5.92 Å². The molecule has 3 atom stereocenters. The summed E-state index contributed by atoms with van der Waals surface area (Å²) in [5.41, 5.74) is 0. The number of aliphatic hydroxyl groups excluding tert-OH is 1. The molecule has 2 amide bonds. The first-order chi connectivity index (χ1) is 8.47. The highest BCUT2D eigenvalue weighted by Gasteiger charge is 2.29. The van der Waals surface area contributed by atoms with Crippen LogP contribution in [0.3, 0.4) is 0 Å².